The number of hydrogen-bond acceptors (Lipinski definition) is 3. The monoisotopic (exact) mass is 896 g/mol. The lowest BCUT2D eigenvalue weighted by Crippen LogP contribution is -2.28. The number of benzene rings is 12. The van der Waals surface area contributed by atoms with Crippen molar-refractivity contribution in [1.29, 1.82) is 0 Å². The average Bonchev–Trinajstić information content (AvgIpc) is 3.86. The highest BCUT2D eigenvalue weighted by molar-refractivity contribution is 6.27. The molecule has 0 spiro atoms. The summed E-state index contributed by atoms with van der Waals surface area (Å²) < 4.78 is 0. The van der Waals surface area contributed by atoms with E-state index in [9.17, 15) is 15.3 Å². The Balaban J connectivity index is 0.975. The summed E-state index contributed by atoms with van der Waals surface area (Å²) in [6.07, 6.45) is 0. The molecule has 14 rings (SSSR count). The van der Waals surface area contributed by atoms with Crippen LogP contribution in [0.5, 0.6) is 17.2 Å². The quantitative estimate of drug-likeness (QED) is 0.146. The van der Waals surface area contributed by atoms with E-state index in [-0.39, 0.29) is 17.2 Å². The average molecular weight is 897 g/mol. The Kier molecular flexibility index (Phi) is 8.49. The zero-order chi connectivity index (χ0) is 46.9. The van der Waals surface area contributed by atoms with Gasteiger partial charge < -0.3 is 15.3 Å². The van der Waals surface area contributed by atoms with Crippen molar-refractivity contribution < 1.29 is 15.3 Å². The molecular weight excluding hydrogens is 853 g/mol. The third kappa shape index (κ3) is 5.46. The van der Waals surface area contributed by atoms with Gasteiger partial charge in [-0.15, -0.1) is 0 Å². The molecule has 70 heavy (non-hydrogen) atoms. The summed E-state index contributed by atoms with van der Waals surface area (Å²) in [6.45, 7) is 2.14. The number of aromatic hydroxyl groups is 3. The predicted molar refractivity (Wildman–Crippen MR) is 285 cm³/mol. The highest BCUT2D eigenvalue weighted by Crippen LogP contribution is 2.59. The van der Waals surface area contributed by atoms with Crippen molar-refractivity contribution in [2.24, 2.45) is 0 Å². The van der Waals surface area contributed by atoms with Gasteiger partial charge in [-0.25, -0.2) is 0 Å². The maximum Gasteiger partial charge on any atom is 0.115 e. The van der Waals surface area contributed by atoms with Gasteiger partial charge in [0.15, 0.2) is 0 Å². The lowest BCUT2D eigenvalue weighted by Gasteiger charge is -2.34. The number of aryl methyl sites for hydroxylation is 1. The predicted octanol–water partition coefficient (Wildman–Crippen LogP) is 16.1. The van der Waals surface area contributed by atoms with Gasteiger partial charge in [0.1, 0.15) is 17.2 Å². The first-order chi connectivity index (χ1) is 34.3. The summed E-state index contributed by atoms with van der Waals surface area (Å²) in [6, 6.07) is 81.7. The van der Waals surface area contributed by atoms with E-state index in [1.54, 1.807) is 24.3 Å². The van der Waals surface area contributed by atoms with E-state index in [0.29, 0.717) is 0 Å². The smallest absolute Gasteiger partial charge is 0.115 e. The molecule has 0 radical (unpaired) electrons. The molecule has 12 aromatic rings. The summed E-state index contributed by atoms with van der Waals surface area (Å²) in [5, 5.41) is 38.9. The number of phenols is 3. The fourth-order valence-corrected chi connectivity index (χ4v) is 12.7. The van der Waals surface area contributed by atoms with Gasteiger partial charge in [0.2, 0.25) is 0 Å². The summed E-state index contributed by atoms with van der Waals surface area (Å²) in [5.74, 6) is 0.679. The maximum absolute atomic E-state index is 10.6. The zero-order valence-electron chi connectivity index (χ0n) is 38.3. The van der Waals surface area contributed by atoms with Gasteiger partial charge >= 0.3 is 0 Å². The molecule has 1 atom stereocenters. The van der Waals surface area contributed by atoms with Gasteiger partial charge in [0.05, 0.1) is 10.8 Å². The highest BCUT2D eigenvalue weighted by Gasteiger charge is 2.48. The van der Waals surface area contributed by atoms with Crippen molar-refractivity contribution in [3.05, 3.63) is 281 Å². The molecule has 0 aliphatic heterocycles. The molecule has 3 heteroatoms. The van der Waals surface area contributed by atoms with E-state index in [4.69, 9.17) is 0 Å². The molecule has 3 N–H and O–H groups in total. The van der Waals surface area contributed by atoms with Crippen LogP contribution in [-0.2, 0) is 10.8 Å². The molecule has 2 aliphatic carbocycles. The van der Waals surface area contributed by atoms with E-state index in [1.165, 1.54) is 76.8 Å². The molecule has 3 nitrogen and oxygen atoms in total. The molecule has 2 aliphatic rings. The van der Waals surface area contributed by atoms with Crippen molar-refractivity contribution in [2.45, 2.75) is 17.8 Å². The molecule has 1 unspecified atom stereocenters. The van der Waals surface area contributed by atoms with Crippen LogP contribution in [0.1, 0.15) is 50.1 Å². The third-order valence-electron chi connectivity index (χ3n) is 15.8. The summed E-state index contributed by atoms with van der Waals surface area (Å²) in [5.41, 5.74) is 18.4. The lowest BCUT2D eigenvalue weighted by molar-refractivity contribution is 0.474. The summed E-state index contributed by atoms with van der Waals surface area (Å²) in [4.78, 5) is 0. The first kappa shape index (κ1) is 40.2. The van der Waals surface area contributed by atoms with Gasteiger partial charge in [0, 0.05) is 0 Å². The minimum absolute atomic E-state index is 0.216. The summed E-state index contributed by atoms with van der Waals surface area (Å²) in [7, 11) is 0. The Morgan fingerprint density at radius 2 is 0.614 bits per heavy atom. The Hall–Kier alpha value is -8.92. The molecule has 0 amide bonds. The number of fused-ring (bicyclic) bond motifs is 6. The zero-order valence-corrected chi connectivity index (χ0v) is 38.3. The van der Waals surface area contributed by atoms with Gasteiger partial charge in [0.25, 0.3) is 0 Å². The molecule has 0 aromatic heterocycles. The molecule has 0 saturated heterocycles. The Morgan fingerprint density at radius 3 is 1.01 bits per heavy atom. The van der Waals surface area contributed by atoms with Crippen LogP contribution in [0.15, 0.2) is 231 Å². The maximum atomic E-state index is 10.6. The number of hydrogen-bond donors (Lipinski definition) is 3. The molecule has 330 valence electrons. The first-order valence-electron chi connectivity index (χ1n) is 24.0. The molecule has 0 fully saturated rings. The third-order valence-corrected chi connectivity index (χ3v) is 15.8. The minimum atomic E-state index is -0.710. The van der Waals surface area contributed by atoms with Crippen LogP contribution in [0, 0.1) is 6.92 Å². The van der Waals surface area contributed by atoms with Gasteiger partial charge in [-0.05, 0) is 177 Å². The van der Waals surface area contributed by atoms with E-state index in [2.05, 4.69) is 177 Å². The normalized spacial score (nSPS) is 15.3. The Morgan fingerprint density at radius 1 is 0.286 bits per heavy atom. The number of rotatable bonds is 6. The standard InChI is InChI=1S/C67H44O3/c1-40-10-18-45(19-11-40)66(46-20-26-49(68)27-21-46)60-8-4-2-6-54(60)56-34-16-43(38-62(56)66)52-32-14-41-12-13-42-15-33-53(59-37-36-58(52)64(41)65(42)59)44-17-35-57-55-7-3-5-9-61(55)67(63(57)39-44,47-22-28-50(69)29-23-47)48-24-30-51(70)31-25-48/h2-39,68-70H,1H3. The molecule has 0 saturated carbocycles. The van der Waals surface area contributed by atoms with Crippen LogP contribution < -0.4 is 0 Å². The van der Waals surface area contributed by atoms with Gasteiger partial charge in [-0.2, -0.15) is 0 Å². The van der Waals surface area contributed by atoms with Gasteiger partial charge in [-0.3, -0.25) is 0 Å². The number of phenolic OH excluding ortho intramolecular Hbond substituents is 3. The van der Waals surface area contributed by atoms with E-state index in [1.807, 2.05) is 36.4 Å². The fraction of sp³-hybridized carbons (Fsp3) is 0.0448. The Bertz CT molecular complexity index is 3710. The molecule has 0 heterocycles. The van der Waals surface area contributed by atoms with E-state index < -0.39 is 10.8 Å². The molecular formula is C67H44O3. The van der Waals surface area contributed by atoms with Crippen molar-refractivity contribution in [2.75, 3.05) is 0 Å². The topological polar surface area (TPSA) is 60.7 Å². The highest BCUT2D eigenvalue weighted by atomic mass is 16.3. The largest absolute Gasteiger partial charge is 0.508 e. The van der Waals surface area contributed by atoms with Gasteiger partial charge in [-0.1, -0.05) is 188 Å². The second kappa shape index (κ2) is 14.8. The second-order valence-corrected chi connectivity index (χ2v) is 19.3. The molecule has 12 aromatic carbocycles. The van der Waals surface area contributed by atoms with E-state index in [0.717, 1.165) is 50.1 Å². The first-order valence-corrected chi connectivity index (χ1v) is 24.0. The van der Waals surface area contributed by atoms with Crippen LogP contribution in [0.25, 0.3) is 76.8 Å². The fourth-order valence-electron chi connectivity index (χ4n) is 12.7. The van der Waals surface area contributed by atoms with E-state index >= 15 is 0 Å². The van der Waals surface area contributed by atoms with Crippen LogP contribution >= 0.6 is 0 Å². The van der Waals surface area contributed by atoms with Crippen molar-refractivity contribution in [3.63, 3.8) is 0 Å². The minimum Gasteiger partial charge on any atom is -0.508 e. The van der Waals surface area contributed by atoms with Crippen LogP contribution in [0.2, 0.25) is 0 Å². The Labute approximate surface area is 405 Å². The SMILES string of the molecule is Cc1ccc(C2(c3ccc(O)cc3)c3ccccc3-c3ccc(-c4ccc5ccc6ccc(-c7ccc8c(c7)C(c7ccc(O)cc7)(c7ccc(O)cc7)c7ccccc7-8)c7ccc4c5c67)cc32)cc1. The van der Waals surface area contributed by atoms with Crippen molar-refractivity contribution >= 4 is 32.3 Å². The molecule has 0 bridgehead atoms. The lowest BCUT2D eigenvalue weighted by atomic mass is 9.67. The van der Waals surface area contributed by atoms with Crippen molar-refractivity contribution in [1.82, 2.24) is 0 Å². The van der Waals surface area contributed by atoms with Crippen LogP contribution in [0.4, 0.5) is 0 Å². The van der Waals surface area contributed by atoms with Crippen molar-refractivity contribution in [3.8, 4) is 61.8 Å². The van der Waals surface area contributed by atoms with Crippen LogP contribution in [-0.4, -0.2) is 15.3 Å². The summed E-state index contributed by atoms with van der Waals surface area (Å²) >= 11 is 0. The van der Waals surface area contributed by atoms with Crippen LogP contribution in [0.3, 0.4) is 0 Å². The second-order valence-electron chi connectivity index (χ2n) is 19.3.